The lowest BCUT2D eigenvalue weighted by molar-refractivity contribution is 0.219. The Bertz CT molecular complexity index is 191. The average molecular weight is 195 g/mol. The summed E-state index contributed by atoms with van der Waals surface area (Å²) >= 11 is 0. The molecule has 0 bridgehead atoms. The number of hydrogen-bond acceptors (Lipinski definition) is 1. The van der Waals surface area contributed by atoms with E-state index in [-0.39, 0.29) is 0 Å². The van der Waals surface area contributed by atoms with E-state index < -0.39 is 0 Å². The molecule has 1 aliphatic rings. The van der Waals surface area contributed by atoms with Gasteiger partial charge >= 0.3 is 0 Å². The minimum atomic E-state index is 0.712. The lowest BCUT2D eigenvalue weighted by Gasteiger charge is -2.28. The van der Waals surface area contributed by atoms with E-state index >= 15 is 0 Å². The van der Waals surface area contributed by atoms with Crippen molar-refractivity contribution in [2.24, 2.45) is 5.92 Å². The quantitative estimate of drug-likeness (QED) is 0.610. The summed E-state index contributed by atoms with van der Waals surface area (Å²) in [7, 11) is 0. The summed E-state index contributed by atoms with van der Waals surface area (Å²) in [4.78, 5) is 2.59. The highest BCUT2D eigenvalue weighted by atomic mass is 15.1. The molecule has 0 N–H and O–H groups in total. The van der Waals surface area contributed by atoms with Gasteiger partial charge in [0.15, 0.2) is 0 Å². The smallest absolute Gasteiger partial charge is 0.00387 e. The topological polar surface area (TPSA) is 3.24 Å². The Morgan fingerprint density at radius 1 is 1.14 bits per heavy atom. The van der Waals surface area contributed by atoms with Crippen LogP contribution in [-0.2, 0) is 0 Å². The molecule has 0 atom stereocenters. The Morgan fingerprint density at radius 2 is 1.86 bits per heavy atom. The third kappa shape index (κ3) is 3.45. The Kier molecular flexibility index (Phi) is 4.67. The Morgan fingerprint density at radius 3 is 2.43 bits per heavy atom. The second-order valence-electron chi connectivity index (χ2n) is 4.96. The van der Waals surface area contributed by atoms with Crippen LogP contribution in [0.25, 0.3) is 0 Å². The molecule has 0 aromatic carbocycles. The maximum atomic E-state index is 2.59. The average Bonchev–Trinajstić information content (AvgIpc) is 2.01. The monoisotopic (exact) mass is 195 g/mol. The number of rotatable bonds is 2. The van der Waals surface area contributed by atoms with Crippen molar-refractivity contribution in [2.75, 3.05) is 13.1 Å². The van der Waals surface area contributed by atoms with Crippen LogP contribution in [0.3, 0.4) is 0 Å². The molecule has 82 valence electrons. The zero-order valence-corrected chi connectivity index (χ0v) is 10.2. The molecular formula is C13H25N. The molecule has 0 radical (unpaired) electrons. The van der Waals surface area contributed by atoms with Crippen molar-refractivity contribution < 1.29 is 0 Å². The predicted molar refractivity (Wildman–Crippen MR) is 63.5 cm³/mol. The van der Waals surface area contributed by atoms with Gasteiger partial charge in [-0.2, -0.15) is 0 Å². The summed E-state index contributed by atoms with van der Waals surface area (Å²) < 4.78 is 0. The highest BCUT2D eigenvalue weighted by Crippen LogP contribution is 2.19. The third-order valence-electron chi connectivity index (χ3n) is 3.21. The molecular weight excluding hydrogens is 170 g/mol. The van der Waals surface area contributed by atoms with Crippen LogP contribution in [0.4, 0.5) is 0 Å². The summed E-state index contributed by atoms with van der Waals surface area (Å²) in [5, 5.41) is 0. The maximum Gasteiger partial charge on any atom is 0.00387 e. The first kappa shape index (κ1) is 11.8. The van der Waals surface area contributed by atoms with Gasteiger partial charge in [0, 0.05) is 12.6 Å². The van der Waals surface area contributed by atoms with E-state index in [9.17, 15) is 0 Å². The summed E-state index contributed by atoms with van der Waals surface area (Å²) in [5.74, 6) is 0.751. The SMILES string of the molecule is CC(C)/C1=C/CCN(C(C)C)CCC1. The van der Waals surface area contributed by atoms with Crippen molar-refractivity contribution in [3.63, 3.8) is 0 Å². The lowest BCUT2D eigenvalue weighted by atomic mass is 9.95. The molecule has 1 heterocycles. The van der Waals surface area contributed by atoms with Gasteiger partial charge < -0.3 is 4.90 Å². The molecule has 0 aliphatic carbocycles. The second-order valence-corrected chi connectivity index (χ2v) is 4.96. The molecule has 0 fully saturated rings. The highest BCUT2D eigenvalue weighted by molar-refractivity contribution is 5.06. The Hall–Kier alpha value is -0.300. The minimum Gasteiger partial charge on any atom is -0.301 e. The molecule has 0 aromatic heterocycles. The predicted octanol–water partition coefficient (Wildman–Crippen LogP) is 3.46. The highest BCUT2D eigenvalue weighted by Gasteiger charge is 2.12. The number of hydrogen-bond donors (Lipinski definition) is 0. The number of nitrogens with zero attached hydrogens (tertiary/aromatic N) is 1. The van der Waals surface area contributed by atoms with Crippen LogP contribution in [0.15, 0.2) is 11.6 Å². The fourth-order valence-corrected chi connectivity index (χ4v) is 2.16. The van der Waals surface area contributed by atoms with Crippen molar-refractivity contribution in [1.29, 1.82) is 0 Å². The Balaban J connectivity index is 2.50. The summed E-state index contributed by atoms with van der Waals surface area (Å²) in [6.45, 7) is 11.8. The van der Waals surface area contributed by atoms with Crippen LogP contribution in [0.5, 0.6) is 0 Å². The normalized spacial score (nSPS) is 24.6. The van der Waals surface area contributed by atoms with Crippen LogP contribution < -0.4 is 0 Å². The van der Waals surface area contributed by atoms with Gasteiger partial charge in [0.05, 0.1) is 0 Å². The van der Waals surface area contributed by atoms with Gasteiger partial charge in [-0.1, -0.05) is 25.5 Å². The van der Waals surface area contributed by atoms with Gasteiger partial charge in [-0.15, -0.1) is 0 Å². The van der Waals surface area contributed by atoms with Gasteiger partial charge in [0.2, 0.25) is 0 Å². The van der Waals surface area contributed by atoms with E-state index in [4.69, 9.17) is 0 Å². The standard InChI is InChI=1S/C13H25N/c1-11(2)13-7-5-9-14(12(3)4)10-6-8-13/h7,11-12H,5-6,8-10H2,1-4H3/b13-7+. The van der Waals surface area contributed by atoms with Crippen molar-refractivity contribution in [3.8, 4) is 0 Å². The van der Waals surface area contributed by atoms with Gasteiger partial charge in [-0.25, -0.2) is 0 Å². The fraction of sp³-hybridized carbons (Fsp3) is 0.846. The molecule has 14 heavy (non-hydrogen) atoms. The van der Waals surface area contributed by atoms with E-state index in [0.29, 0.717) is 6.04 Å². The fourth-order valence-electron chi connectivity index (χ4n) is 2.16. The zero-order chi connectivity index (χ0) is 10.6. The summed E-state index contributed by atoms with van der Waals surface area (Å²) in [6.07, 6.45) is 6.36. The van der Waals surface area contributed by atoms with E-state index in [0.717, 1.165) is 5.92 Å². The molecule has 1 rings (SSSR count). The van der Waals surface area contributed by atoms with Crippen molar-refractivity contribution in [1.82, 2.24) is 4.90 Å². The maximum absolute atomic E-state index is 2.59. The molecule has 0 unspecified atom stereocenters. The molecule has 0 amide bonds. The molecule has 0 spiro atoms. The molecule has 1 aliphatic heterocycles. The van der Waals surface area contributed by atoms with Crippen molar-refractivity contribution in [2.45, 2.75) is 53.0 Å². The van der Waals surface area contributed by atoms with Crippen molar-refractivity contribution in [3.05, 3.63) is 11.6 Å². The van der Waals surface area contributed by atoms with E-state index in [1.165, 1.54) is 32.4 Å². The molecule has 0 aromatic rings. The lowest BCUT2D eigenvalue weighted by Crippen LogP contribution is -2.33. The van der Waals surface area contributed by atoms with Crippen LogP contribution in [0, 0.1) is 5.92 Å². The van der Waals surface area contributed by atoms with E-state index in [1.54, 1.807) is 5.57 Å². The third-order valence-corrected chi connectivity index (χ3v) is 3.21. The number of allylic oxidation sites excluding steroid dienone is 1. The van der Waals surface area contributed by atoms with Crippen molar-refractivity contribution >= 4 is 0 Å². The zero-order valence-electron chi connectivity index (χ0n) is 10.2. The molecule has 1 heteroatoms. The first-order valence-corrected chi connectivity index (χ1v) is 6.04. The van der Waals surface area contributed by atoms with E-state index in [2.05, 4.69) is 38.7 Å². The Labute approximate surface area is 89.2 Å². The second kappa shape index (κ2) is 5.55. The first-order valence-electron chi connectivity index (χ1n) is 6.04. The summed E-state index contributed by atoms with van der Waals surface area (Å²) in [6, 6.07) is 0.712. The van der Waals surface area contributed by atoms with Gasteiger partial charge in [0.1, 0.15) is 0 Å². The first-order chi connectivity index (χ1) is 6.61. The summed E-state index contributed by atoms with van der Waals surface area (Å²) in [5.41, 5.74) is 1.67. The molecule has 0 saturated heterocycles. The van der Waals surface area contributed by atoms with Crippen LogP contribution in [-0.4, -0.2) is 24.0 Å². The van der Waals surface area contributed by atoms with Gasteiger partial charge in [-0.3, -0.25) is 0 Å². The molecule has 1 nitrogen and oxygen atoms in total. The van der Waals surface area contributed by atoms with Crippen LogP contribution >= 0.6 is 0 Å². The van der Waals surface area contributed by atoms with Gasteiger partial charge in [0.25, 0.3) is 0 Å². The van der Waals surface area contributed by atoms with Crippen LogP contribution in [0.2, 0.25) is 0 Å². The van der Waals surface area contributed by atoms with E-state index in [1.807, 2.05) is 0 Å². The largest absolute Gasteiger partial charge is 0.301 e. The molecule has 0 saturated carbocycles. The van der Waals surface area contributed by atoms with Gasteiger partial charge in [-0.05, 0) is 45.6 Å². The van der Waals surface area contributed by atoms with Crippen LogP contribution in [0.1, 0.15) is 47.0 Å². The minimum absolute atomic E-state index is 0.712.